The third-order valence-corrected chi connectivity index (χ3v) is 3.10. The van der Waals surface area contributed by atoms with Gasteiger partial charge in [0.25, 0.3) is 0 Å². The van der Waals surface area contributed by atoms with Crippen molar-refractivity contribution in [3.05, 3.63) is 29.3 Å². The molecule has 0 aliphatic rings. The van der Waals surface area contributed by atoms with E-state index in [4.69, 9.17) is 18.0 Å². The Labute approximate surface area is 98.4 Å². The number of rotatable bonds is 4. The van der Waals surface area contributed by atoms with Crippen LogP contribution in [-0.4, -0.2) is 18.2 Å². The van der Waals surface area contributed by atoms with Gasteiger partial charge in [-0.2, -0.15) is 0 Å². The van der Waals surface area contributed by atoms with E-state index < -0.39 is 0 Å². The predicted octanol–water partition coefficient (Wildman–Crippen LogP) is 2.18. The SMILES string of the molecule is C#CCNC(=O)CSc1ccccc1Cl. The van der Waals surface area contributed by atoms with Crippen LogP contribution in [0.4, 0.5) is 0 Å². The molecular weight excluding hydrogens is 230 g/mol. The second-order valence-electron chi connectivity index (χ2n) is 2.70. The fraction of sp³-hybridized carbons (Fsp3) is 0.182. The molecule has 0 saturated heterocycles. The number of hydrogen-bond donors (Lipinski definition) is 1. The lowest BCUT2D eigenvalue weighted by molar-refractivity contribution is -0.118. The summed E-state index contributed by atoms with van der Waals surface area (Å²) in [7, 11) is 0. The van der Waals surface area contributed by atoms with E-state index in [9.17, 15) is 4.79 Å². The summed E-state index contributed by atoms with van der Waals surface area (Å²) in [4.78, 5) is 12.1. The topological polar surface area (TPSA) is 29.1 Å². The van der Waals surface area contributed by atoms with Gasteiger partial charge < -0.3 is 5.32 Å². The molecule has 4 heteroatoms. The first kappa shape index (κ1) is 12.0. The highest BCUT2D eigenvalue weighted by Crippen LogP contribution is 2.25. The highest BCUT2D eigenvalue weighted by Gasteiger charge is 2.03. The van der Waals surface area contributed by atoms with Crippen molar-refractivity contribution in [1.29, 1.82) is 0 Å². The van der Waals surface area contributed by atoms with E-state index in [1.807, 2.05) is 18.2 Å². The number of thioether (sulfide) groups is 1. The lowest BCUT2D eigenvalue weighted by Crippen LogP contribution is -2.25. The molecule has 1 rings (SSSR count). The van der Waals surface area contributed by atoms with Crippen LogP contribution in [0.1, 0.15) is 0 Å². The number of carbonyl (C=O) groups is 1. The van der Waals surface area contributed by atoms with Crippen molar-refractivity contribution < 1.29 is 4.79 Å². The van der Waals surface area contributed by atoms with Gasteiger partial charge in [-0.25, -0.2) is 0 Å². The predicted molar refractivity (Wildman–Crippen MR) is 64.0 cm³/mol. The van der Waals surface area contributed by atoms with Crippen molar-refractivity contribution in [2.45, 2.75) is 4.90 Å². The molecule has 0 aliphatic heterocycles. The number of terminal acetylenes is 1. The summed E-state index contributed by atoms with van der Waals surface area (Å²) in [5.74, 6) is 2.58. The Morgan fingerprint density at radius 1 is 1.53 bits per heavy atom. The zero-order chi connectivity index (χ0) is 11.1. The quantitative estimate of drug-likeness (QED) is 0.645. The van der Waals surface area contributed by atoms with Crippen LogP contribution in [-0.2, 0) is 4.79 Å². The number of nitrogens with one attached hydrogen (secondary N) is 1. The van der Waals surface area contributed by atoms with Gasteiger partial charge in [0, 0.05) is 4.90 Å². The Balaban J connectivity index is 2.41. The second kappa shape index (κ2) is 6.39. The molecule has 0 saturated carbocycles. The molecule has 0 radical (unpaired) electrons. The van der Waals surface area contributed by atoms with Crippen LogP contribution in [0.5, 0.6) is 0 Å². The third kappa shape index (κ3) is 4.28. The molecule has 78 valence electrons. The highest BCUT2D eigenvalue weighted by molar-refractivity contribution is 8.00. The van der Waals surface area contributed by atoms with Gasteiger partial charge in [0.05, 0.1) is 17.3 Å². The van der Waals surface area contributed by atoms with Crippen molar-refractivity contribution in [2.24, 2.45) is 0 Å². The van der Waals surface area contributed by atoms with Gasteiger partial charge in [0.1, 0.15) is 0 Å². The average Bonchev–Trinajstić information content (AvgIpc) is 2.25. The van der Waals surface area contributed by atoms with Crippen LogP contribution in [0, 0.1) is 12.3 Å². The van der Waals surface area contributed by atoms with E-state index in [1.165, 1.54) is 11.8 Å². The number of hydrogen-bond acceptors (Lipinski definition) is 2. The van der Waals surface area contributed by atoms with Crippen molar-refractivity contribution in [2.75, 3.05) is 12.3 Å². The smallest absolute Gasteiger partial charge is 0.231 e. The summed E-state index contributed by atoms with van der Waals surface area (Å²) < 4.78 is 0. The number of benzene rings is 1. The first-order valence-corrected chi connectivity index (χ1v) is 5.68. The summed E-state index contributed by atoms with van der Waals surface area (Å²) in [6.07, 6.45) is 5.02. The molecule has 0 aliphatic carbocycles. The standard InChI is InChI=1S/C11H10ClNOS/c1-2-7-13-11(14)8-15-10-6-4-3-5-9(10)12/h1,3-6H,7-8H2,(H,13,14). The second-order valence-corrected chi connectivity index (χ2v) is 4.12. The van der Waals surface area contributed by atoms with Gasteiger partial charge in [0.2, 0.25) is 5.91 Å². The third-order valence-electron chi connectivity index (χ3n) is 1.58. The maximum atomic E-state index is 11.2. The monoisotopic (exact) mass is 239 g/mol. The Kier molecular flexibility index (Phi) is 5.09. The van der Waals surface area contributed by atoms with Crippen LogP contribution >= 0.6 is 23.4 Å². The normalized spacial score (nSPS) is 9.33. The first-order valence-electron chi connectivity index (χ1n) is 4.31. The summed E-state index contributed by atoms with van der Waals surface area (Å²) in [5.41, 5.74) is 0. The molecule has 0 unspecified atom stereocenters. The van der Waals surface area contributed by atoms with Gasteiger partial charge in [-0.1, -0.05) is 29.7 Å². The summed E-state index contributed by atoms with van der Waals surface area (Å²) in [6, 6.07) is 7.41. The van der Waals surface area contributed by atoms with Crippen LogP contribution < -0.4 is 5.32 Å². The molecule has 0 aromatic heterocycles. The maximum Gasteiger partial charge on any atom is 0.231 e. The van der Waals surface area contributed by atoms with Crippen molar-refractivity contribution in [3.8, 4) is 12.3 Å². The maximum absolute atomic E-state index is 11.2. The molecule has 0 bridgehead atoms. The average molecular weight is 240 g/mol. The molecule has 1 aromatic rings. The molecule has 1 amide bonds. The Bertz CT molecular complexity index is 386. The van der Waals surface area contributed by atoms with Gasteiger partial charge in [-0.15, -0.1) is 18.2 Å². The Hall–Kier alpha value is -1.11. The van der Waals surface area contributed by atoms with Gasteiger partial charge in [-0.3, -0.25) is 4.79 Å². The molecule has 0 heterocycles. The lowest BCUT2D eigenvalue weighted by Gasteiger charge is -2.03. The Morgan fingerprint density at radius 2 is 2.27 bits per heavy atom. The minimum absolute atomic E-state index is 0.0853. The molecule has 2 nitrogen and oxygen atoms in total. The van der Waals surface area contributed by atoms with Crippen molar-refractivity contribution in [3.63, 3.8) is 0 Å². The number of carbonyl (C=O) groups excluding carboxylic acids is 1. The van der Waals surface area contributed by atoms with E-state index in [1.54, 1.807) is 6.07 Å². The lowest BCUT2D eigenvalue weighted by atomic mass is 10.4. The summed E-state index contributed by atoms with van der Waals surface area (Å²) in [5, 5.41) is 3.24. The summed E-state index contributed by atoms with van der Waals surface area (Å²) >= 11 is 7.32. The van der Waals surface area contributed by atoms with Crippen LogP contribution in [0.15, 0.2) is 29.2 Å². The van der Waals surface area contributed by atoms with Crippen LogP contribution in [0.3, 0.4) is 0 Å². The fourth-order valence-corrected chi connectivity index (χ4v) is 1.97. The summed E-state index contributed by atoms with van der Waals surface area (Å²) in [6.45, 7) is 0.266. The molecule has 1 aromatic carbocycles. The van der Waals surface area contributed by atoms with Crippen molar-refractivity contribution >= 4 is 29.3 Å². The van der Waals surface area contributed by atoms with Gasteiger partial charge >= 0.3 is 0 Å². The zero-order valence-electron chi connectivity index (χ0n) is 8.00. The molecule has 1 N–H and O–H groups in total. The van der Waals surface area contributed by atoms with Gasteiger partial charge in [0.15, 0.2) is 0 Å². The molecule has 0 fully saturated rings. The molecule has 0 atom stereocenters. The van der Waals surface area contributed by atoms with Crippen LogP contribution in [0.2, 0.25) is 5.02 Å². The first-order chi connectivity index (χ1) is 7.24. The Morgan fingerprint density at radius 3 is 2.93 bits per heavy atom. The number of halogens is 1. The zero-order valence-corrected chi connectivity index (χ0v) is 9.57. The number of amides is 1. The van der Waals surface area contributed by atoms with Crippen LogP contribution in [0.25, 0.3) is 0 Å². The van der Waals surface area contributed by atoms with E-state index in [0.29, 0.717) is 10.8 Å². The minimum Gasteiger partial charge on any atom is -0.344 e. The highest BCUT2D eigenvalue weighted by atomic mass is 35.5. The molecule has 0 spiro atoms. The van der Waals surface area contributed by atoms with E-state index in [2.05, 4.69) is 11.2 Å². The largest absolute Gasteiger partial charge is 0.344 e. The van der Waals surface area contributed by atoms with Gasteiger partial charge in [-0.05, 0) is 12.1 Å². The molecular formula is C11H10ClNOS. The fourth-order valence-electron chi connectivity index (χ4n) is 0.906. The van der Waals surface area contributed by atoms with Crippen molar-refractivity contribution in [1.82, 2.24) is 5.32 Å². The van der Waals surface area contributed by atoms with E-state index in [-0.39, 0.29) is 12.5 Å². The molecule has 15 heavy (non-hydrogen) atoms. The van der Waals surface area contributed by atoms with E-state index in [0.717, 1.165) is 4.90 Å². The minimum atomic E-state index is -0.0853. The van der Waals surface area contributed by atoms with E-state index >= 15 is 0 Å².